The standard InChI is InChI=1S/C11H16N6/c12-4-6-16-7-9(13-8-16)11-15-14-10-3-1-2-5-17(10)11/h7-8H,1-6,12H2. The molecule has 0 saturated heterocycles. The molecule has 6 heteroatoms. The Labute approximate surface area is 99.5 Å². The number of nitrogens with zero attached hydrogens (tertiary/aromatic N) is 5. The molecule has 1 aliphatic rings. The fourth-order valence-electron chi connectivity index (χ4n) is 2.24. The lowest BCUT2D eigenvalue weighted by atomic mass is 10.1. The molecule has 0 spiro atoms. The van der Waals surface area contributed by atoms with Crippen LogP contribution >= 0.6 is 0 Å². The van der Waals surface area contributed by atoms with E-state index in [4.69, 9.17) is 5.73 Å². The number of nitrogens with two attached hydrogens (primary N) is 1. The quantitative estimate of drug-likeness (QED) is 0.833. The summed E-state index contributed by atoms with van der Waals surface area (Å²) >= 11 is 0. The molecule has 0 aliphatic carbocycles. The Morgan fingerprint density at radius 2 is 2.24 bits per heavy atom. The molecule has 2 aromatic heterocycles. The van der Waals surface area contributed by atoms with Crippen molar-refractivity contribution in [3.63, 3.8) is 0 Å². The van der Waals surface area contributed by atoms with Crippen LogP contribution in [0, 0.1) is 0 Å². The predicted molar refractivity (Wildman–Crippen MR) is 63.2 cm³/mol. The summed E-state index contributed by atoms with van der Waals surface area (Å²) in [5.74, 6) is 1.97. The number of hydrogen-bond donors (Lipinski definition) is 1. The average Bonchev–Trinajstić information content (AvgIpc) is 2.95. The zero-order chi connectivity index (χ0) is 11.7. The van der Waals surface area contributed by atoms with E-state index in [0.717, 1.165) is 36.9 Å². The number of hydrogen-bond acceptors (Lipinski definition) is 4. The third-order valence-corrected chi connectivity index (χ3v) is 3.11. The molecule has 0 bridgehead atoms. The van der Waals surface area contributed by atoms with E-state index in [1.54, 1.807) is 6.33 Å². The van der Waals surface area contributed by atoms with E-state index >= 15 is 0 Å². The van der Waals surface area contributed by atoms with Gasteiger partial charge in [-0.1, -0.05) is 0 Å². The van der Waals surface area contributed by atoms with Crippen LogP contribution in [0.4, 0.5) is 0 Å². The van der Waals surface area contributed by atoms with Crippen LogP contribution in [0.2, 0.25) is 0 Å². The third kappa shape index (κ3) is 1.84. The number of imidazole rings is 1. The number of rotatable bonds is 3. The first kappa shape index (κ1) is 10.5. The van der Waals surface area contributed by atoms with Crippen LogP contribution in [-0.4, -0.2) is 30.9 Å². The highest BCUT2D eigenvalue weighted by molar-refractivity contribution is 5.48. The second-order valence-electron chi connectivity index (χ2n) is 4.33. The molecule has 1 aliphatic heterocycles. The molecule has 3 rings (SSSR count). The van der Waals surface area contributed by atoms with Gasteiger partial charge in [0.25, 0.3) is 0 Å². The maximum absolute atomic E-state index is 5.52. The Kier molecular flexibility index (Phi) is 2.64. The molecule has 0 atom stereocenters. The van der Waals surface area contributed by atoms with Crippen molar-refractivity contribution in [3.05, 3.63) is 18.3 Å². The minimum Gasteiger partial charge on any atom is -0.335 e. The van der Waals surface area contributed by atoms with Gasteiger partial charge in [0.05, 0.1) is 6.33 Å². The summed E-state index contributed by atoms with van der Waals surface area (Å²) in [4.78, 5) is 4.37. The maximum Gasteiger partial charge on any atom is 0.184 e. The highest BCUT2D eigenvalue weighted by Gasteiger charge is 2.18. The third-order valence-electron chi connectivity index (χ3n) is 3.11. The first-order valence-corrected chi connectivity index (χ1v) is 6.03. The minimum absolute atomic E-state index is 0.619. The lowest BCUT2D eigenvalue weighted by molar-refractivity contribution is 0.525. The van der Waals surface area contributed by atoms with E-state index in [1.807, 2.05) is 10.8 Å². The zero-order valence-electron chi connectivity index (χ0n) is 9.71. The molecule has 0 fully saturated rings. The zero-order valence-corrected chi connectivity index (χ0v) is 9.71. The SMILES string of the molecule is NCCn1cnc(-c2nnc3n2CCCC3)c1. The van der Waals surface area contributed by atoms with Crippen molar-refractivity contribution < 1.29 is 0 Å². The van der Waals surface area contributed by atoms with Gasteiger partial charge in [-0.05, 0) is 12.8 Å². The van der Waals surface area contributed by atoms with Gasteiger partial charge in [-0.25, -0.2) is 4.98 Å². The molecule has 0 amide bonds. The summed E-state index contributed by atoms with van der Waals surface area (Å²) in [5, 5.41) is 8.47. The largest absolute Gasteiger partial charge is 0.335 e. The minimum atomic E-state index is 0.619. The van der Waals surface area contributed by atoms with Gasteiger partial charge in [0.2, 0.25) is 0 Å². The summed E-state index contributed by atoms with van der Waals surface area (Å²) < 4.78 is 4.17. The van der Waals surface area contributed by atoms with Crippen LogP contribution in [0.15, 0.2) is 12.5 Å². The molecule has 0 radical (unpaired) electrons. The van der Waals surface area contributed by atoms with Crippen molar-refractivity contribution >= 4 is 0 Å². The smallest absolute Gasteiger partial charge is 0.184 e. The first-order chi connectivity index (χ1) is 8.38. The fourth-order valence-corrected chi connectivity index (χ4v) is 2.24. The van der Waals surface area contributed by atoms with Crippen LogP contribution in [0.3, 0.4) is 0 Å². The van der Waals surface area contributed by atoms with Crippen LogP contribution in [0.25, 0.3) is 11.5 Å². The van der Waals surface area contributed by atoms with E-state index < -0.39 is 0 Å². The highest BCUT2D eigenvalue weighted by Crippen LogP contribution is 2.21. The van der Waals surface area contributed by atoms with E-state index in [-0.39, 0.29) is 0 Å². The Hall–Kier alpha value is -1.69. The molecule has 6 nitrogen and oxygen atoms in total. The highest BCUT2D eigenvalue weighted by atomic mass is 15.3. The molecule has 2 N–H and O–H groups in total. The summed E-state index contributed by atoms with van der Waals surface area (Å²) in [5.41, 5.74) is 6.41. The number of aryl methyl sites for hydroxylation is 1. The normalized spacial score (nSPS) is 14.9. The van der Waals surface area contributed by atoms with Gasteiger partial charge in [0.15, 0.2) is 5.82 Å². The topological polar surface area (TPSA) is 74.6 Å². The van der Waals surface area contributed by atoms with Crippen molar-refractivity contribution in [2.75, 3.05) is 6.54 Å². The monoisotopic (exact) mass is 232 g/mol. The Morgan fingerprint density at radius 3 is 3.12 bits per heavy atom. The molecule has 0 aromatic carbocycles. The Balaban J connectivity index is 1.94. The molecule has 2 aromatic rings. The van der Waals surface area contributed by atoms with Crippen molar-refractivity contribution in [1.82, 2.24) is 24.3 Å². The van der Waals surface area contributed by atoms with Crippen molar-refractivity contribution in [3.8, 4) is 11.5 Å². The van der Waals surface area contributed by atoms with Gasteiger partial charge in [-0.2, -0.15) is 0 Å². The van der Waals surface area contributed by atoms with Crippen LogP contribution < -0.4 is 5.73 Å². The van der Waals surface area contributed by atoms with Crippen LogP contribution in [0.5, 0.6) is 0 Å². The van der Waals surface area contributed by atoms with Gasteiger partial charge in [-0.15, -0.1) is 10.2 Å². The van der Waals surface area contributed by atoms with E-state index in [2.05, 4.69) is 19.7 Å². The Bertz CT molecular complexity index is 512. The molecular formula is C11H16N6. The lowest BCUT2D eigenvalue weighted by Gasteiger charge is -2.13. The van der Waals surface area contributed by atoms with Crippen LogP contribution in [-0.2, 0) is 19.5 Å². The summed E-state index contributed by atoms with van der Waals surface area (Å²) in [6, 6.07) is 0. The van der Waals surface area contributed by atoms with Gasteiger partial charge >= 0.3 is 0 Å². The van der Waals surface area contributed by atoms with Gasteiger partial charge in [-0.3, -0.25) is 0 Å². The van der Waals surface area contributed by atoms with Crippen LogP contribution in [0.1, 0.15) is 18.7 Å². The van der Waals surface area contributed by atoms with E-state index in [0.29, 0.717) is 6.54 Å². The van der Waals surface area contributed by atoms with Gasteiger partial charge in [0.1, 0.15) is 11.5 Å². The second-order valence-corrected chi connectivity index (χ2v) is 4.33. The second kappa shape index (κ2) is 4.29. The van der Waals surface area contributed by atoms with Crippen molar-refractivity contribution in [2.24, 2.45) is 5.73 Å². The Morgan fingerprint density at radius 1 is 1.29 bits per heavy atom. The summed E-state index contributed by atoms with van der Waals surface area (Å²) in [6.07, 6.45) is 7.21. The van der Waals surface area contributed by atoms with Gasteiger partial charge < -0.3 is 14.9 Å². The predicted octanol–water partition coefficient (Wildman–Crippen LogP) is 0.437. The average molecular weight is 232 g/mol. The summed E-state index contributed by atoms with van der Waals surface area (Å²) in [7, 11) is 0. The first-order valence-electron chi connectivity index (χ1n) is 6.03. The van der Waals surface area contributed by atoms with Gasteiger partial charge in [0, 0.05) is 32.3 Å². The van der Waals surface area contributed by atoms with E-state index in [9.17, 15) is 0 Å². The lowest BCUT2D eigenvalue weighted by Crippen LogP contribution is -2.11. The molecular weight excluding hydrogens is 216 g/mol. The molecule has 17 heavy (non-hydrogen) atoms. The van der Waals surface area contributed by atoms with Crippen molar-refractivity contribution in [1.29, 1.82) is 0 Å². The molecule has 0 unspecified atom stereocenters. The maximum atomic E-state index is 5.52. The molecule has 90 valence electrons. The molecule has 0 saturated carbocycles. The fraction of sp³-hybridized carbons (Fsp3) is 0.545. The number of aromatic nitrogens is 5. The molecule has 3 heterocycles. The summed E-state index contributed by atoms with van der Waals surface area (Å²) in [6.45, 7) is 2.41. The number of fused-ring (bicyclic) bond motifs is 1. The van der Waals surface area contributed by atoms with E-state index in [1.165, 1.54) is 12.8 Å². The van der Waals surface area contributed by atoms with Crippen molar-refractivity contribution in [2.45, 2.75) is 32.4 Å².